The first-order chi connectivity index (χ1) is 18.9. The van der Waals surface area contributed by atoms with Crippen molar-refractivity contribution in [1.82, 2.24) is 0 Å². The SMILES string of the molecule is C=C\C(F)=C/C(=C(\C)N)C(/C)=N/C(=C(/N)C(=C)C(N)=O)c1c(C)ccc(N)c1C=N.CCCOC1CCCOC1. The van der Waals surface area contributed by atoms with Crippen LogP contribution in [0.25, 0.3) is 5.70 Å². The van der Waals surface area contributed by atoms with Gasteiger partial charge in [0.15, 0.2) is 0 Å². The molecule has 1 saturated heterocycles. The number of aryl methyl sites for hydroxylation is 1. The Labute approximate surface area is 236 Å². The molecule has 0 radical (unpaired) electrons. The molecular formula is C30H43FN6O3. The Hall–Kier alpha value is -4.02. The van der Waals surface area contributed by atoms with E-state index in [0.29, 0.717) is 45.5 Å². The highest BCUT2D eigenvalue weighted by molar-refractivity contribution is 6.07. The molecule has 0 spiro atoms. The van der Waals surface area contributed by atoms with E-state index in [4.69, 9.17) is 37.8 Å². The summed E-state index contributed by atoms with van der Waals surface area (Å²) in [5.74, 6) is -1.44. The Balaban J connectivity index is 0.000000667. The van der Waals surface area contributed by atoms with Crippen molar-refractivity contribution in [3.05, 3.63) is 82.5 Å². The summed E-state index contributed by atoms with van der Waals surface area (Å²) in [7, 11) is 0. The van der Waals surface area contributed by atoms with Crippen molar-refractivity contribution in [2.45, 2.75) is 53.1 Å². The molecule has 10 heteroatoms. The molecule has 9 nitrogen and oxygen atoms in total. The normalized spacial score (nSPS) is 17.1. The number of amides is 1. The number of hydrogen-bond acceptors (Lipinski definition) is 8. The van der Waals surface area contributed by atoms with E-state index in [0.717, 1.165) is 45.0 Å². The second-order valence-corrected chi connectivity index (χ2v) is 9.25. The first kappa shape index (κ1) is 34.0. The number of carbonyl (C=O) groups excluding carboxylic acids is 1. The molecule has 218 valence electrons. The summed E-state index contributed by atoms with van der Waals surface area (Å²) in [4.78, 5) is 16.2. The number of ether oxygens (including phenoxy) is 2. The van der Waals surface area contributed by atoms with E-state index >= 15 is 0 Å². The van der Waals surface area contributed by atoms with E-state index in [1.807, 2.05) is 0 Å². The Morgan fingerprint density at radius 2 is 1.98 bits per heavy atom. The predicted molar refractivity (Wildman–Crippen MR) is 162 cm³/mol. The molecule has 1 heterocycles. The van der Waals surface area contributed by atoms with Crippen LogP contribution in [0.2, 0.25) is 0 Å². The largest absolute Gasteiger partial charge is 0.402 e. The lowest BCUT2D eigenvalue weighted by molar-refractivity contribution is -0.114. The average molecular weight is 555 g/mol. The molecule has 1 amide bonds. The number of hydrogen-bond donors (Lipinski definition) is 5. The lowest BCUT2D eigenvalue weighted by Gasteiger charge is -2.21. The number of nitrogens with zero attached hydrogens (tertiary/aromatic N) is 1. The number of nitrogens with one attached hydrogen (secondary N) is 1. The maximum Gasteiger partial charge on any atom is 0.250 e. The van der Waals surface area contributed by atoms with Crippen LogP contribution in [-0.4, -0.2) is 43.8 Å². The van der Waals surface area contributed by atoms with E-state index < -0.39 is 11.7 Å². The van der Waals surface area contributed by atoms with Gasteiger partial charge >= 0.3 is 0 Å². The molecule has 1 aliphatic rings. The third-order valence-corrected chi connectivity index (χ3v) is 5.99. The quantitative estimate of drug-likeness (QED) is 0.116. The monoisotopic (exact) mass is 554 g/mol. The highest BCUT2D eigenvalue weighted by Gasteiger charge is 2.20. The van der Waals surface area contributed by atoms with Crippen molar-refractivity contribution < 1.29 is 18.7 Å². The Bertz CT molecular complexity index is 1220. The van der Waals surface area contributed by atoms with Crippen LogP contribution in [0.4, 0.5) is 10.1 Å². The highest BCUT2D eigenvalue weighted by Crippen LogP contribution is 2.31. The van der Waals surface area contributed by atoms with Gasteiger partial charge in [-0.3, -0.25) is 9.79 Å². The van der Waals surface area contributed by atoms with Crippen LogP contribution in [-0.2, 0) is 14.3 Å². The van der Waals surface area contributed by atoms with Gasteiger partial charge in [-0.1, -0.05) is 26.1 Å². The molecular weight excluding hydrogens is 511 g/mol. The van der Waals surface area contributed by atoms with Gasteiger partial charge in [-0.25, -0.2) is 4.39 Å². The maximum atomic E-state index is 13.8. The molecule has 0 aliphatic carbocycles. The molecule has 0 bridgehead atoms. The summed E-state index contributed by atoms with van der Waals surface area (Å²) >= 11 is 0. The summed E-state index contributed by atoms with van der Waals surface area (Å²) in [6.07, 6.45) is 7.11. The van der Waals surface area contributed by atoms with Gasteiger partial charge in [-0.15, -0.1) is 0 Å². The van der Waals surface area contributed by atoms with Gasteiger partial charge in [-0.05, 0) is 63.8 Å². The predicted octanol–water partition coefficient (Wildman–Crippen LogP) is 4.57. The van der Waals surface area contributed by atoms with Crippen LogP contribution in [0.5, 0.6) is 0 Å². The average Bonchev–Trinajstić information content (AvgIpc) is 2.94. The number of benzene rings is 1. The summed E-state index contributed by atoms with van der Waals surface area (Å²) in [6.45, 7) is 16.7. The Morgan fingerprint density at radius 3 is 2.48 bits per heavy atom. The fourth-order valence-corrected chi connectivity index (χ4v) is 3.80. The number of nitrogen functional groups attached to an aromatic ring is 1. The maximum absolute atomic E-state index is 13.8. The number of allylic oxidation sites excluding steroid dienone is 5. The zero-order chi connectivity index (χ0) is 30.4. The number of aliphatic imine (C=N–C) groups is 1. The Kier molecular flexibility index (Phi) is 14.3. The number of anilines is 1. The molecule has 1 aliphatic heterocycles. The zero-order valence-corrected chi connectivity index (χ0v) is 24.0. The van der Waals surface area contributed by atoms with Crippen molar-refractivity contribution in [2.24, 2.45) is 22.2 Å². The molecule has 1 aromatic carbocycles. The minimum absolute atomic E-state index is 0.0964. The number of rotatable bonds is 11. The minimum atomic E-state index is -0.834. The van der Waals surface area contributed by atoms with Crippen LogP contribution in [0.3, 0.4) is 0 Å². The number of nitrogens with two attached hydrogens (primary N) is 4. The topological polar surface area (TPSA) is 176 Å². The minimum Gasteiger partial charge on any atom is -0.402 e. The third kappa shape index (κ3) is 9.94. The van der Waals surface area contributed by atoms with Crippen molar-refractivity contribution in [3.63, 3.8) is 0 Å². The molecule has 1 atom stereocenters. The number of primary amides is 1. The van der Waals surface area contributed by atoms with Crippen LogP contribution in [0.1, 0.15) is 56.7 Å². The smallest absolute Gasteiger partial charge is 0.250 e. The van der Waals surface area contributed by atoms with Crippen molar-refractivity contribution >= 4 is 29.2 Å². The van der Waals surface area contributed by atoms with Crippen molar-refractivity contribution in [1.29, 1.82) is 5.41 Å². The number of carbonyl (C=O) groups is 1. The van der Waals surface area contributed by atoms with E-state index in [1.165, 1.54) is 12.5 Å². The van der Waals surface area contributed by atoms with Gasteiger partial charge in [-0.2, -0.15) is 0 Å². The fraction of sp³-hybridized carbons (Fsp3) is 0.367. The molecule has 1 fully saturated rings. The van der Waals surface area contributed by atoms with Gasteiger partial charge in [0.2, 0.25) is 5.91 Å². The first-order valence-electron chi connectivity index (χ1n) is 13.0. The van der Waals surface area contributed by atoms with E-state index in [2.05, 4.69) is 25.1 Å². The van der Waals surface area contributed by atoms with Crippen LogP contribution in [0.15, 0.2) is 70.8 Å². The van der Waals surface area contributed by atoms with Gasteiger partial charge < -0.3 is 37.8 Å². The summed E-state index contributed by atoms with van der Waals surface area (Å²) < 4.78 is 24.6. The first-order valence-corrected chi connectivity index (χ1v) is 13.0. The van der Waals surface area contributed by atoms with Gasteiger partial charge in [0.1, 0.15) is 5.83 Å². The zero-order valence-electron chi connectivity index (χ0n) is 24.0. The molecule has 0 saturated carbocycles. The summed E-state index contributed by atoms with van der Waals surface area (Å²) in [5.41, 5.74) is 26.0. The lowest BCUT2D eigenvalue weighted by atomic mass is 9.95. The lowest BCUT2D eigenvalue weighted by Crippen LogP contribution is -2.25. The molecule has 40 heavy (non-hydrogen) atoms. The van der Waals surface area contributed by atoms with Crippen LogP contribution < -0.4 is 22.9 Å². The van der Waals surface area contributed by atoms with Gasteiger partial charge in [0.05, 0.1) is 29.7 Å². The highest BCUT2D eigenvalue weighted by atomic mass is 19.1. The third-order valence-electron chi connectivity index (χ3n) is 5.99. The van der Waals surface area contributed by atoms with Crippen molar-refractivity contribution in [2.75, 3.05) is 25.6 Å². The molecule has 0 aromatic heterocycles. The van der Waals surface area contributed by atoms with Crippen LogP contribution in [0, 0.1) is 12.3 Å². The summed E-state index contributed by atoms with van der Waals surface area (Å²) in [6, 6.07) is 3.37. The van der Waals surface area contributed by atoms with Crippen molar-refractivity contribution in [3.8, 4) is 0 Å². The summed E-state index contributed by atoms with van der Waals surface area (Å²) in [5, 5.41) is 7.77. The van der Waals surface area contributed by atoms with Gasteiger partial charge in [0, 0.05) is 53.2 Å². The van der Waals surface area contributed by atoms with Gasteiger partial charge in [0.25, 0.3) is 0 Å². The number of halogens is 1. The van der Waals surface area contributed by atoms with E-state index in [1.54, 1.807) is 32.9 Å². The van der Waals surface area contributed by atoms with Crippen LogP contribution >= 0.6 is 0 Å². The molecule has 2 rings (SSSR count). The molecule has 1 unspecified atom stereocenters. The second kappa shape index (κ2) is 16.8. The Morgan fingerprint density at radius 1 is 1.30 bits per heavy atom. The molecule has 9 N–H and O–H groups in total. The standard InChI is InChI=1S/C22H27FN6O.C8H16O2/c1-6-15(23)9-16(13(4)25)14(5)29-21(20(27)12(3)22(28)30)19-11(2)7-8-18(26)17(19)10-24;1-2-5-10-8-4-3-6-9-7-8/h6-10,24H,1,3,25-27H2,2,4-5H3,(H2,28,30);8H,2-7H2,1H3/b15-9+,16-13-,21-20+,24-10?,29-14+;. The molecule has 1 aromatic rings. The second-order valence-electron chi connectivity index (χ2n) is 9.25. The fourth-order valence-electron chi connectivity index (χ4n) is 3.80. The van der Waals surface area contributed by atoms with E-state index in [9.17, 15) is 9.18 Å². The van der Waals surface area contributed by atoms with E-state index in [-0.39, 0.29) is 17.0 Å².